The molecule has 3 aromatic heterocycles. The topological polar surface area (TPSA) is 127 Å². The maximum atomic E-state index is 12.8. The van der Waals surface area contributed by atoms with E-state index in [2.05, 4.69) is 10.1 Å². The minimum absolute atomic E-state index is 0.0206. The van der Waals surface area contributed by atoms with E-state index in [0.29, 0.717) is 29.7 Å². The van der Waals surface area contributed by atoms with E-state index in [1.165, 1.54) is 11.4 Å². The molecule has 5 heterocycles. The summed E-state index contributed by atoms with van der Waals surface area (Å²) in [6.45, 7) is 1.02. The van der Waals surface area contributed by atoms with Crippen molar-refractivity contribution in [3.63, 3.8) is 0 Å². The summed E-state index contributed by atoms with van der Waals surface area (Å²) in [7, 11) is 0. The van der Waals surface area contributed by atoms with E-state index in [1.54, 1.807) is 12.4 Å². The summed E-state index contributed by atoms with van der Waals surface area (Å²) in [6, 6.07) is 14.0. The van der Waals surface area contributed by atoms with E-state index in [0.717, 1.165) is 35.2 Å². The zero-order valence-corrected chi connectivity index (χ0v) is 20.5. The number of nitrogen functional groups attached to an aromatic ring is 1. The summed E-state index contributed by atoms with van der Waals surface area (Å²) in [5, 5.41) is 13.9. The van der Waals surface area contributed by atoms with E-state index < -0.39 is 6.61 Å². The third kappa shape index (κ3) is 3.86. The summed E-state index contributed by atoms with van der Waals surface area (Å²) in [5.41, 5.74) is 11.7. The van der Waals surface area contributed by atoms with Gasteiger partial charge < -0.3 is 15.7 Å². The van der Waals surface area contributed by atoms with Crippen LogP contribution in [-0.2, 0) is 4.79 Å². The number of fused-ring (bicyclic) bond motifs is 3. The Bertz CT molecular complexity index is 1480. The number of pyridine rings is 1. The number of piperidine rings is 1. The van der Waals surface area contributed by atoms with Crippen molar-refractivity contribution in [1.29, 1.82) is 0 Å². The molecule has 9 heteroatoms. The highest BCUT2D eigenvalue weighted by Crippen LogP contribution is 2.44. The van der Waals surface area contributed by atoms with Gasteiger partial charge in [0, 0.05) is 40.9 Å². The Hall–Kier alpha value is -4.11. The fourth-order valence-electron chi connectivity index (χ4n) is 6.11. The molecule has 2 aliphatic heterocycles. The third-order valence-electron chi connectivity index (χ3n) is 7.75. The molecule has 0 saturated carbocycles. The van der Waals surface area contributed by atoms with Gasteiger partial charge in [-0.3, -0.25) is 14.6 Å². The highest BCUT2D eigenvalue weighted by Gasteiger charge is 2.44. The van der Waals surface area contributed by atoms with E-state index in [4.69, 9.17) is 10.7 Å². The highest BCUT2D eigenvalue weighted by atomic mass is 16.3. The van der Waals surface area contributed by atoms with Crippen LogP contribution in [-0.4, -0.2) is 60.0 Å². The lowest BCUT2D eigenvalue weighted by atomic mass is 9.85. The Balaban J connectivity index is 1.41. The van der Waals surface area contributed by atoms with Crippen LogP contribution in [0.25, 0.3) is 28.0 Å². The molecule has 0 unspecified atom stereocenters. The van der Waals surface area contributed by atoms with E-state index in [9.17, 15) is 14.7 Å². The minimum atomic E-state index is -0.482. The smallest absolute Gasteiger partial charge is 0.248 e. The molecule has 2 fully saturated rings. The third-order valence-corrected chi connectivity index (χ3v) is 7.75. The SMILES string of the molecule is CC(=O)c1c([C@@H]2C[C@H]3CC[C@@H](C2)N3C(=O)CO)nc2c(-c3ccc(-c4ccccc4)nc3)cnn2c1N. The van der Waals surface area contributed by atoms with Crippen LogP contribution in [0.4, 0.5) is 5.82 Å². The van der Waals surface area contributed by atoms with Crippen molar-refractivity contribution in [1.82, 2.24) is 24.5 Å². The maximum absolute atomic E-state index is 12.8. The zero-order valence-electron chi connectivity index (χ0n) is 20.5. The second-order valence-corrected chi connectivity index (χ2v) is 9.92. The van der Waals surface area contributed by atoms with Crippen LogP contribution in [0.2, 0.25) is 0 Å². The van der Waals surface area contributed by atoms with Gasteiger partial charge in [0.15, 0.2) is 11.4 Å². The van der Waals surface area contributed by atoms with E-state index in [-0.39, 0.29) is 35.5 Å². The largest absolute Gasteiger partial charge is 0.387 e. The van der Waals surface area contributed by atoms with Gasteiger partial charge in [-0.2, -0.15) is 9.61 Å². The molecule has 1 aromatic carbocycles. The second kappa shape index (κ2) is 9.08. The number of amides is 1. The normalized spacial score (nSPS) is 20.9. The molecule has 4 aromatic rings. The number of aliphatic hydroxyl groups is 1. The number of Topliss-reactive ketones (excluding diaryl/α,β-unsaturated/α-hetero) is 1. The van der Waals surface area contributed by atoms with Gasteiger partial charge in [0.25, 0.3) is 0 Å². The molecular formula is C28H28N6O3. The minimum Gasteiger partial charge on any atom is -0.387 e. The van der Waals surface area contributed by atoms with Crippen LogP contribution in [0.1, 0.15) is 54.6 Å². The number of aliphatic hydroxyl groups excluding tert-OH is 1. The molecular weight excluding hydrogens is 468 g/mol. The van der Waals surface area contributed by atoms with Gasteiger partial charge in [-0.15, -0.1) is 0 Å². The van der Waals surface area contributed by atoms with Gasteiger partial charge in [0.1, 0.15) is 12.4 Å². The fraction of sp³-hybridized carbons (Fsp3) is 0.321. The Labute approximate surface area is 214 Å². The molecule has 188 valence electrons. The van der Waals surface area contributed by atoms with Gasteiger partial charge in [-0.1, -0.05) is 36.4 Å². The first-order valence-corrected chi connectivity index (χ1v) is 12.6. The van der Waals surface area contributed by atoms with Gasteiger partial charge in [0.05, 0.1) is 23.1 Å². The number of aromatic nitrogens is 4. The molecule has 0 radical (unpaired) electrons. The molecule has 2 saturated heterocycles. The number of benzene rings is 1. The Kier molecular flexibility index (Phi) is 5.72. The summed E-state index contributed by atoms with van der Waals surface area (Å²) in [4.78, 5) is 36.6. The summed E-state index contributed by atoms with van der Waals surface area (Å²) in [5.74, 6) is -0.138. The number of hydrogen-bond donors (Lipinski definition) is 2. The van der Waals surface area contributed by atoms with Crippen molar-refractivity contribution < 1.29 is 14.7 Å². The fourth-order valence-corrected chi connectivity index (χ4v) is 6.11. The summed E-state index contributed by atoms with van der Waals surface area (Å²) >= 11 is 0. The van der Waals surface area contributed by atoms with Crippen LogP contribution >= 0.6 is 0 Å². The van der Waals surface area contributed by atoms with Crippen molar-refractivity contribution >= 4 is 23.2 Å². The molecule has 9 nitrogen and oxygen atoms in total. The van der Waals surface area contributed by atoms with Crippen molar-refractivity contribution in [2.45, 2.75) is 50.6 Å². The first-order valence-electron chi connectivity index (χ1n) is 12.6. The zero-order chi connectivity index (χ0) is 25.7. The Morgan fingerprint density at radius 1 is 1.03 bits per heavy atom. The molecule has 2 aliphatic rings. The number of rotatable bonds is 5. The second-order valence-electron chi connectivity index (χ2n) is 9.92. The van der Waals surface area contributed by atoms with Gasteiger partial charge in [0.2, 0.25) is 5.91 Å². The van der Waals surface area contributed by atoms with Crippen molar-refractivity contribution in [2.24, 2.45) is 0 Å². The predicted molar refractivity (Wildman–Crippen MR) is 139 cm³/mol. The van der Waals surface area contributed by atoms with Gasteiger partial charge >= 0.3 is 0 Å². The molecule has 3 N–H and O–H groups in total. The predicted octanol–water partition coefficient (Wildman–Crippen LogP) is 3.47. The van der Waals surface area contributed by atoms with E-state index >= 15 is 0 Å². The number of carbonyl (C=O) groups is 2. The maximum Gasteiger partial charge on any atom is 0.248 e. The highest BCUT2D eigenvalue weighted by molar-refractivity contribution is 6.00. The molecule has 0 aliphatic carbocycles. The number of nitrogens with two attached hydrogens (primary N) is 1. The van der Waals surface area contributed by atoms with Gasteiger partial charge in [-0.25, -0.2) is 4.98 Å². The Morgan fingerprint density at radius 3 is 2.38 bits per heavy atom. The average molecular weight is 497 g/mol. The Morgan fingerprint density at radius 2 is 1.76 bits per heavy atom. The number of carbonyl (C=O) groups excluding carboxylic acids is 2. The molecule has 6 rings (SSSR count). The first-order chi connectivity index (χ1) is 18.0. The number of nitrogens with zero attached hydrogens (tertiary/aromatic N) is 5. The van der Waals surface area contributed by atoms with Crippen LogP contribution < -0.4 is 5.73 Å². The standard InChI is InChI=1S/C28H28N6O3/c1-16(36)25-26(19-11-20-8-9-21(12-19)33(20)24(37)15-35)32-28-22(14-31-34(28)27(25)29)18-7-10-23(30-13-18)17-5-3-2-4-6-17/h2-7,10,13-14,19-21,35H,8-9,11-12,15,29H2,1H3/t19-,20-,21+. The van der Waals surface area contributed by atoms with E-state index in [1.807, 2.05) is 47.4 Å². The van der Waals surface area contributed by atoms with Crippen LogP contribution in [0.15, 0.2) is 54.9 Å². The van der Waals surface area contributed by atoms with Crippen LogP contribution in [0, 0.1) is 0 Å². The summed E-state index contributed by atoms with van der Waals surface area (Å²) < 4.78 is 1.53. The first kappa shape index (κ1) is 23.3. The van der Waals surface area contributed by atoms with Crippen LogP contribution in [0.5, 0.6) is 0 Å². The van der Waals surface area contributed by atoms with Crippen molar-refractivity contribution in [2.75, 3.05) is 12.3 Å². The molecule has 1 amide bonds. The molecule has 2 bridgehead atoms. The summed E-state index contributed by atoms with van der Waals surface area (Å²) in [6.07, 6.45) is 6.64. The van der Waals surface area contributed by atoms with Crippen LogP contribution in [0.3, 0.4) is 0 Å². The lowest BCUT2D eigenvalue weighted by Gasteiger charge is -2.39. The molecule has 0 spiro atoms. The van der Waals surface area contributed by atoms with Gasteiger partial charge in [-0.05, 0) is 38.7 Å². The monoisotopic (exact) mass is 496 g/mol. The molecule has 3 atom stereocenters. The quantitative estimate of drug-likeness (QED) is 0.405. The van der Waals surface area contributed by atoms with Crippen molar-refractivity contribution in [3.05, 3.63) is 66.1 Å². The average Bonchev–Trinajstić information content (AvgIpc) is 3.46. The number of ketones is 1. The lowest BCUT2D eigenvalue weighted by molar-refractivity contribution is -0.138. The lowest BCUT2D eigenvalue weighted by Crippen LogP contribution is -2.47. The molecule has 37 heavy (non-hydrogen) atoms. The number of anilines is 1. The van der Waals surface area contributed by atoms with Crippen molar-refractivity contribution in [3.8, 4) is 22.4 Å². The number of hydrogen-bond acceptors (Lipinski definition) is 7.